The monoisotopic (exact) mass is 284 g/mol. The van der Waals surface area contributed by atoms with Crippen molar-refractivity contribution >= 4 is 5.91 Å². The Hall–Kier alpha value is -2.10. The van der Waals surface area contributed by atoms with Gasteiger partial charge < -0.3 is 9.42 Å². The number of nitrogens with zero attached hydrogens (tertiary/aromatic N) is 2. The largest absolute Gasteiger partial charge is 0.361 e. The summed E-state index contributed by atoms with van der Waals surface area (Å²) in [5.74, 6) is 1.47. The van der Waals surface area contributed by atoms with Crippen molar-refractivity contribution in [3.63, 3.8) is 0 Å². The van der Waals surface area contributed by atoms with E-state index in [1.165, 1.54) is 5.56 Å². The number of likely N-dealkylation sites (tertiary alicyclic amines) is 1. The molecule has 0 saturated carbocycles. The number of carbonyl (C=O) groups excluding carboxylic acids is 1. The van der Waals surface area contributed by atoms with Gasteiger partial charge in [-0.3, -0.25) is 4.79 Å². The van der Waals surface area contributed by atoms with Crippen LogP contribution in [0.5, 0.6) is 0 Å². The van der Waals surface area contributed by atoms with Crippen LogP contribution in [0.3, 0.4) is 0 Å². The van der Waals surface area contributed by atoms with E-state index in [0.717, 1.165) is 37.4 Å². The van der Waals surface area contributed by atoms with Gasteiger partial charge in [0.05, 0.1) is 12.1 Å². The Kier molecular flexibility index (Phi) is 4.04. The third kappa shape index (κ3) is 3.51. The van der Waals surface area contributed by atoms with Crippen LogP contribution in [0, 0.1) is 12.8 Å². The van der Waals surface area contributed by atoms with E-state index < -0.39 is 0 Å². The second-order valence-corrected chi connectivity index (χ2v) is 5.79. The van der Waals surface area contributed by atoms with E-state index in [-0.39, 0.29) is 5.91 Å². The van der Waals surface area contributed by atoms with Crippen molar-refractivity contribution in [3.05, 3.63) is 53.4 Å². The molecule has 4 nitrogen and oxygen atoms in total. The van der Waals surface area contributed by atoms with Gasteiger partial charge in [-0.05, 0) is 31.2 Å². The van der Waals surface area contributed by atoms with Crippen molar-refractivity contribution in [1.29, 1.82) is 0 Å². The molecular formula is C17H20N2O2. The number of aromatic nitrogens is 1. The van der Waals surface area contributed by atoms with E-state index in [1.54, 1.807) is 0 Å². The van der Waals surface area contributed by atoms with Crippen LogP contribution >= 0.6 is 0 Å². The Morgan fingerprint density at radius 3 is 2.90 bits per heavy atom. The number of aryl methyl sites for hydroxylation is 1. The third-order valence-electron chi connectivity index (χ3n) is 4.01. The molecular weight excluding hydrogens is 264 g/mol. The van der Waals surface area contributed by atoms with Gasteiger partial charge in [0, 0.05) is 19.2 Å². The minimum absolute atomic E-state index is 0.152. The normalized spacial score (nSPS) is 18.1. The van der Waals surface area contributed by atoms with Crippen molar-refractivity contribution in [1.82, 2.24) is 10.1 Å². The first kappa shape index (κ1) is 13.9. The molecule has 1 aromatic carbocycles. The van der Waals surface area contributed by atoms with Gasteiger partial charge in [0.15, 0.2) is 0 Å². The highest BCUT2D eigenvalue weighted by Crippen LogP contribution is 2.21. The molecule has 1 saturated heterocycles. The topological polar surface area (TPSA) is 46.3 Å². The quantitative estimate of drug-likeness (QED) is 0.867. The van der Waals surface area contributed by atoms with Crippen molar-refractivity contribution in [2.24, 2.45) is 5.92 Å². The van der Waals surface area contributed by atoms with Crippen LogP contribution in [0.25, 0.3) is 0 Å². The number of hydrogen-bond acceptors (Lipinski definition) is 3. The molecule has 0 bridgehead atoms. The maximum Gasteiger partial charge on any atom is 0.228 e. The molecule has 21 heavy (non-hydrogen) atoms. The van der Waals surface area contributed by atoms with Crippen LogP contribution in [0.1, 0.15) is 23.4 Å². The lowest BCUT2D eigenvalue weighted by atomic mass is 9.99. The summed E-state index contributed by atoms with van der Waals surface area (Å²) in [5.41, 5.74) is 2.08. The van der Waals surface area contributed by atoms with Crippen LogP contribution in [0.15, 0.2) is 40.9 Å². The summed E-state index contributed by atoms with van der Waals surface area (Å²) in [6.45, 7) is 3.55. The molecule has 3 rings (SSSR count). The second kappa shape index (κ2) is 6.12. The molecule has 1 aliphatic heterocycles. The van der Waals surface area contributed by atoms with Crippen molar-refractivity contribution in [2.45, 2.75) is 26.2 Å². The maximum absolute atomic E-state index is 12.3. The first-order valence-corrected chi connectivity index (χ1v) is 7.44. The Morgan fingerprint density at radius 2 is 2.19 bits per heavy atom. The number of carbonyl (C=O) groups is 1. The molecule has 0 aliphatic carbocycles. The standard InChI is InChI=1S/C17H20N2O2/c1-13-9-16(18-21-13)11-17(20)19-8-7-15(12-19)10-14-5-3-2-4-6-14/h2-6,9,15H,7-8,10-12H2,1H3. The molecule has 2 aromatic rings. The third-order valence-corrected chi connectivity index (χ3v) is 4.01. The van der Waals surface area contributed by atoms with E-state index in [2.05, 4.69) is 29.4 Å². The van der Waals surface area contributed by atoms with Gasteiger partial charge in [-0.1, -0.05) is 35.5 Å². The van der Waals surface area contributed by atoms with Crippen LogP contribution in [-0.4, -0.2) is 29.1 Å². The van der Waals surface area contributed by atoms with Crippen molar-refractivity contribution in [3.8, 4) is 0 Å². The summed E-state index contributed by atoms with van der Waals surface area (Å²) >= 11 is 0. The molecule has 4 heteroatoms. The smallest absolute Gasteiger partial charge is 0.228 e. The Balaban J connectivity index is 1.53. The highest BCUT2D eigenvalue weighted by Gasteiger charge is 2.26. The lowest BCUT2D eigenvalue weighted by Crippen LogP contribution is -2.30. The second-order valence-electron chi connectivity index (χ2n) is 5.79. The summed E-state index contributed by atoms with van der Waals surface area (Å²) in [7, 11) is 0. The lowest BCUT2D eigenvalue weighted by Gasteiger charge is -2.16. The summed E-state index contributed by atoms with van der Waals surface area (Å²) in [6.07, 6.45) is 2.47. The highest BCUT2D eigenvalue weighted by atomic mass is 16.5. The summed E-state index contributed by atoms with van der Waals surface area (Å²) in [5, 5.41) is 3.89. The average molecular weight is 284 g/mol. The molecule has 0 N–H and O–H groups in total. The summed E-state index contributed by atoms with van der Waals surface area (Å²) < 4.78 is 5.01. The van der Waals surface area contributed by atoms with Crippen LogP contribution in [0.2, 0.25) is 0 Å². The number of hydrogen-bond donors (Lipinski definition) is 0. The van der Waals surface area contributed by atoms with E-state index in [1.807, 2.05) is 24.0 Å². The minimum Gasteiger partial charge on any atom is -0.361 e. The zero-order chi connectivity index (χ0) is 14.7. The molecule has 1 aliphatic rings. The highest BCUT2D eigenvalue weighted by molar-refractivity contribution is 5.78. The van der Waals surface area contributed by atoms with Crippen LogP contribution in [-0.2, 0) is 17.6 Å². The minimum atomic E-state index is 0.152. The fourth-order valence-electron chi connectivity index (χ4n) is 2.94. The fraction of sp³-hybridized carbons (Fsp3) is 0.412. The Bertz CT molecular complexity index is 606. The summed E-state index contributed by atoms with van der Waals surface area (Å²) in [6, 6.07) is 12.3. The maximum atomic E-state index is 12.3. The molecule has 0 radical (unpaired) electrons. The van der Waals surface area contributed by atoms with Crippen molar-refractivity contribution in [2.75, 3.05) is 13.1 Å². The SMILES string of the molecule is Cc1cc(CC(=O)N2CCC(Cc3ccccc3)C2)no1. The molecule has 1 unspecified atom stereocenters. The number of rotatable bonds is 4. The first-order chi connectivity index (χ1) is 10.2. The van der Waals surface area contributed by atoms with Gasteiger partial charge in [-0.2, -0.15) is 0 Å². The van der Waals surface area contributed by atoms with Gasteiger partial charge >= 0.3 is 0 Å². The van der Waals surface area contributed by atoms with E-state index in [4.69, 9.17) is 4.52 Å². The molecule has 1 aromatic heterocycles. The average Bonchev–Trinajstić information content (AvgIpc) is 3.09. The van der Waals surface area contributed by atoms with Gasteiger partial charge in [0.1, 0.15) is 5.76 Å². The van der Waals surface area contributed by atoms with E-state index >= 15 is 0 Å². The van der Waals surface area contributed by atoms with Crippen LogP contribution < -0.4 is 0 Å². The van der Waals surface area contributed by atoms with Crippen molar-refractivity contribution < 1.29 is 9.32 Å². The first-order valence-electron chi connectivity index (χ1n) is 7.44. The van der Waals surface area contributed by atoms with Gasteiger partial charge in [0.25, 0.3) is 0 Å². The molecule has 2 heterocycles. The molecule has 1 fully saturated rings. The van der Waals surface area contributed by atoms with Crippen LogP contribution in [0.4, 0.5) is 0 Å². The number of amides is 1. The number of benzene rings is 1. The molecule has 110 valence electrons. The van der Waals surface area contributed by atoms with Gasteiger partial charge in [0.2, 0.25) is 5.91 Å². The molecule has 0 spiro atoms. The molecule has 1 amide bonds. The fourth-order valence-corrected chi connectivity index (χ4v) is 2.94. The molecule has 1 atom stereocenters. The van der Waals surface area contributed by atoms with E-state index in [0.29, 0.717) is 12.3 Å². The summed E-state index contributed by atoms with van der Waals surface area (Å²) in [4.78, 5) is 14.2. The Labute approximate surface area is 124 Å². The van der Waals surface area contributed by atoms with Gasteiger partial charge in [-0.25, -0.2) is 0 Å². The predicted octanol–water partition coefficient (Wildman–Crippen LogP) is 2.62. The Morgan fingerprint density at radius 1 is 1.38 bits per heavy atom. The lowest BCUT2D eigenvalue weighted by molar-refractivity contribution is -0.129. The van der Waals surface area contributed by atoms with E-state index in [9.17, 15) is 4.79 Å². The zero-order valence-electron chi connectivity index (χ0n) is 12.3. The van der Waals surface area contributed by atoms with Gasteiger partial charge in [-0.15, -0.1) is 0 Å². The zero-order valence-corrected chi connectivity index (χ0v) is 12.3. The predicted molar refractivity (Wildman–Crippen MR) is 79.8 cm³/mol.